The van der Waals surface area contributed by atoms with Crippen LogP contribution in [0, 0.1) is 13.8 Å². The number of aryl methyl sites for hydroxylation is 2. The average molecular weight is 226 g/mol. The number of hydrogen-bond donors (Lipinski definition) is 1. The van der Waals surface area contributed by atoms with Crippen molar-refractivity contribution >= 4 is 23.2 Å². The van der Waals surface area contributed by atoms with Gasteiger partial charge in [0.05, 0.1) is 5.69 Å². The van der Waals surface area contributed by atoms with Crippen molar-refractivity contribution < 1.29 is 9.90 Å². The molecule has 2 heterocycles. The molecule has 0 amide bonds. The first-order valence-electron chi connectivity index (χ1n) is 4.26. The molecule has 2 aromatic heterocycles. The van der Waals surface area contributed by atoms with Crippen molar-refractivity contribution in [1.82, 2.24) is 14.6 Å². The minimum absolute atomic E-state index is 0.0481. The largest absolute Gasteiger partial charge is 0.476 e. The van der Waals surface area contributed by atoms with Crippen molar-refractivity contribution in [3.05, 3.63) is 28.2 Å². The number of carboxylic acid groups (broad SMARTS) is 1. The highest BCUT2D eigenvalue weighted by molar-refractivity contribution is 6.30. The summed E-state index contributed by atoms with van der Waals surface area (Å²) >= 11 is 5.82. The number of halogens is 1. The van der Waals surface area contributed by atoms with Crippen LogP contribution in [0.4, 0.5) is 0 Å². The Morgan fingerprint density at radius 1 is 1.53 bits per heavy atom. The van der Waals surface area contributed by atoms with E-state index in [0.717, 1.165) is 5.56 Å². The lowest BCUT2D eigenvalue weighted by Crippen LogP contribution is -2.06. The fourth-order valence-corrected chi connectivity index (χ4v) is 1.53. The Labute approximate surface area is 90.3 Å². The Bertz CT molecular complexity index is 562. The van der Waals surface area contributed by atoms with Gasteiger partial charge in [0, 0.05) is 0 Å². The van der Waals surface area contributed by atoms with Gasteiger partial charge in [0.1, 0.15) is 0 Å². The van der Waals surface area contributed by atoms with Gasteiger partial charge >= 0.3 is 5.97 Å². The molecule has 15 heavy (non-hydrogen) atoms. The first kappa shape index (κ1) is 9.92. The van der Waals surface area contributed by atoms with Gasteiger partial charge in [-0.05, 0) is 25.5 Å². The second-order valence-electron chi connectivity index (χ2n) is 3.24. The predicted molar refractivity (Wildman–Crippen MR) is 54.4 cm³/mol. The van der Waals surface area contributed by atoms with E-state index in [1.165, 1.54) is 4.52 Å². The zero-order valence-electron chi connectivity index (χ0n) is 8.15. The van der Waals surface area contributed by atoms with Crippen LogP contribution in [0.2, 0.25) is 5.15 Å². The normalized spacial score (nSPS) is 10.9. The van der Waals surface area contributed by atoms with E-state index >= 15 is 0 Å². The van der Waals surface area contributed by atoms with Gasteiger partial charge in [-0.2, -0.15) is 5.10 Å². The fraction of sp³-hybridized carbons (Fsp3) is 0.222. The molecule has 0 atom stereocenters. The maximum Gasteiger partial charge on any atom is 0.356 e. The third kappa shape index (κ3) is 1.45. The number of rotatable bonds is 1. The Hall–Kier alpha value is -1.62. The molecule has 0 fully saturated rings. The summed E-state index contributed by atoms with van der Waals surface area (Å²) in [6.07, 6.45) is 0. The number of carboxylic acids is 1. The molecule has 2 aromatic rings. The van der Waals surface area contributed by atoms with Gasteiger partial charge in [-0.15, -0.1) is 0 Å². The van der Waals surface area contributed by atoms with E-state index in [4.69, 9.17) is 16.7 Å². The molecule has 0 aliphatic rings. The van der Waals surface area contributed by atoms with E-state index < -0.39 is 5.97 Å². The number of aromatic carboxylic acids is 1. The van der Waals surface area contributed by atoms with Crippen LogP contribution in [0.5, 0.6) is 0 Å². The topological polar surface area (TPSA) is 67.5 Å². The van der Waals surface area contributed by atoms with Crippen LogP contribution in [0.25, 0.3) is 5.65 Å². The minimum atomic E-state index is -1.06. The molecule has 0 spiro atoms. The molecule has 0 aromatic carbocycles. The van der Waals surface area contributed by atoms with Crippen molar-refractivity contribution in [2.75, 3.05) is 0 Å². The van der Waals surface area contributed by atoms with Crippen molar-refractivity contribution in [3.63, 3.8) is 0 Å². The molecule has 2 rings (SSSR count). The predicted octanol–water partition coefficient (Wildman–Crippen LogP) is 1.70. The van der Waals surface area contributed by atoms with Crippen LogP contribution in [-0.4, -0.2) is 25.7 Å². The van der Waals surface area contributed by atoms with Gasteiger partial charge in [0.15, 0.2) is 16.5 Å². The van der Waals surface area contributed by atoms with E-state index in [1.54, 1.807) is 19.9 Å². The zero-order chi connectivity index (χ0) is 11.2. The van der Waals surface area contributed by atoms with Crippen molar-refractivity contribution in [3.8, 4) is 0 Å². The molecular weight excluding hydrogens is 218 g/mol. The summed E-state index contributed by atoms with van der Waals surface area (Å²) in [5.74, 6) is -1.06. The van der Waals surface area contributed by atoms with Crippen LogP contribution >= 0.6 is 11.6 Å². The summed E-state index contributed by atoms with van der Waals surface area (Å²) in [6, 6.07) is 1.70. The first-order valence-corrected chi connectivity index (χ1v) is 4.64. The Morgan fingerprint density at radius 2 is 2.20 bits per heavy atom. The highest BCUT2D eigenvalue weighted by Crippen LogP contribution is 2.17. The van der Waals surface area contributed by atoms with Crippen molar-refractivity contribution in [2.45, 2.75) is 13.8 Å². The van der Waals surface area contributed by atoms with Gasteiger partial charge in [0.25, 0.3) is 0 Å². The smallest absolute Gasteiger partial charge is 0.356 e. The number of fused-ring (bicyclic) bond motifs is 1. The summed E-state index contributed by atoms with van der Waals surface area (Å²) in [5, 5.41) is 13.2. The molecule has 0 radical (unpaired) electrons. The van der Waals surface area contributed by atoms with Crippen LogP contribution in [0.3, 0.4) is 0 Å². The number of imidazole rings is 1. The molecule has 78 valence electrons. The van der Waals surface area contributed by atoms with Crippen LogP contribution < -0.4 is 0 Å². The highest BCUT2D eigenvalue weighted by Gasteiger charge is 2.17. The minimum Gasteiger partial charge on any atom is -0.476 e. The monoisotopic (exact) mass is 225 g/mol. The van der Waals surface area contributed by atoms with Gasteiger partial charge in [-0.25, -0.2) is 14.3 Å². The summed E-state index contributed by atoms with van der Waals surface area (Å²) in [5.41, 5.74) is 1.74. The molecule has 1 N–H and O–H groups in total. The van der Waals surface area contributed by atoms with Crippen LogP contribution in [0.15, 0.2) is 6.07 Å². The average Bonchev–Trinajstić information content (AvgIpc) is 2.41. The van der Waals surface area contributed by atoms with Crippen molar-refractivity contribution in [2.24, 2.45) is 0 Å². The second-order valence-corrected chi connectivity index (χ2v) is 3.60. The van der Waals surface area contributed by atoms with Crippen LogP contribution in [-0.2, 0) is 0 Å². The molecule has 0 bridgehead atoms. The number of hydrogen-bond acceptors (Lipinski definition) is 3. The maximum atomic E-state index is 10.9. The number of aromatic nitrogens is 3. The molecule has 0 saturated heterocycles. The van der Waals surface area contributed by atoms with Gasteiger partial charge in [-0.1, -0.05) is 11.6 Å². The molecular formula is C9H8ClN3O2. The van der Waals surface area contributed by atoms with E-state index in [9.17, 15) is 4.79 Å². The molecule has 6 heteroatoms. The summed E-state index contributed by atoms with van der Waals surface area (Å²) in [6.45, 7) is 3.42. The maximum absolute atomic E-state index is 10.9. The molecule has 0 aliphatic carbocycles. The summed E-state index contributed by atoms with van der Waals surface area (Å²) in [4.78, 5) is 15.0. The van der Waals surface area contributed by atoms with E-state index in [-0.39, 0.29) is 10.8 Å². The van der Waals surface area contributed by atoms with E-state index in [2.05, 4.69) is 10.1 Å². The van der Waals surface area contributed by atoms with E-state index in [0.29, 0.717) is 11.3 Å². The Kier molecular flexibility index (Phi) is 2.12. The highest BCUT2D eigenvalue weighted by atomic mass is 35.5. The summed E-state index contributed by atoms with van der Waals surface area (Å²) < 4.78 is 1.24. The SMILES string of the molecule is Cc1cc2nc(C)c(C(=O)O)n2nc1Cl. The lowest BCUT2D eigenvalue weighted by atomic mass is 10.3. The van der Waals surface area contributed by atoms with Gasteiger partial charge < -0.3 is 5.11 Å². The Balaban J connectivity index is 2.87. The third-order valence-corrected chi connectivity index (χ3v) is 2.49. The van der Waals surface area contributed by atoms with Gasteiger partial charge in [0.2, 0.25) is 0 Å². The number of nitrogens with zero attached hydrogens (tertiary/aromatic N) is 3. The number of carbonyl (C=O) groups is 1. The lowest BCUT2D eigenvalue weighted by Gasteiger charge is -1.99. The van der Waals surface area contributed by atoms with Gasteiger partial charge in [-0.3, -0.25) is 0 Å². The standard InChI is InChI=1S/C9H8ClN3O2/c1-4-3-6-11-5(2)7(9(14)15)13(6)12-8(4)10/h3H,1-2H3,(H,14,15). The van der Waals surface area contributed by atoms with E-state index in [1.807, 2.05) is 0 Å². The Morgan fingerprint density at radius 3 is 2.80 bits per heavy atom. The van der Waals surface area contributed by atoms with Crippen LogP contribution in [0.1, 0.15) is 21.7 Å². The lowest BCUT2D eigenvalue weighted by molar-refractivity contribution is 0.0687. The zero-order valence-corrected chi connectivity index (χ0v) is 8.91. The third-order valence-electron chi connectivity index (χ3n) is 2.12. The first-order chi connectivity index (χ1) is 7.00. The second kappa shape index (κ2) is 3.20. The quantitative estimate of drug-likeness (QED) is 0.802. The molecule has 5 nitrogen and oxygen atoms in total. The molecule has 0 saturated carbocycles. The van der Waals surface area contributed by atoms with Crippen molar-refractivity contribution in [1.29, 1.82) is 0 Å². The molecule has 0 aliphatic heterocycles. The fourth-order valence-electron chi connectivity index (χ4n) is 1.40. The molecule has 0 unspecified atom stereocenters. The summed E-state index contributed by atoms with van der Waals surface area (Å²) in [7, 11) is 0.